The number of nitrogens with one attached hydrogen (secondary N) is 2. The van der Waals surface area contributed by atoms with E-state index in [1.807, 2.05) is 6.07 Å². The van der Waals surface area contributed by atoms with Gasteiger partial charge in [-0.3, -0.25) is 9.59 Å². The predicted octanol–water partition coefficient (Wildman–Crippen LogP) is 0.819. The van der Waals surface area contributed by atoms with Crippen molar-refractivity contribution in [3.05, 3.63) is 47.4 Å². The van der Waals surface area contributed by atoms with E-state index in [1.54, 1.807) is 24.3 Å². The number of rotatable bonds is 9. The van der Waals surface area contributed by atoms with Crippen molar-refractivity contribution in [2.45, 2.75) is 32.0 Å². The Bertz CT molecular complexity index is 791. The van der Waals surface area contributed by atoms with Gasteiger partial charge < -0.3 is 20.5 Å². The van der Waals surface area contributed by atoms with Crippen LogP contribution in [-0.2, 0) is 30.8 Å². The summed E-state index contributed by atoms with van der Waals surface area (Å²) in [5, 5.41) is 14.4. The molecule has 2 amide bonds. The summed E-state index contributed by atoms with van der Waals surface area (Å²) in [4.78, 5) is 34.7. The number of hydrogen-bond acceptors (Lipinski definition) is 6. The molecule has 27 heavy (non-hydrogen) atoms. The number of ether oxygens (including phenoxy) is 1. The molecule has 0 radical (unpaired) electrons. The number of carboxylic acids is 1. The second-order valence-corrected chi connectivity index (χ2v) is 7.73. The van der Waals surface area contributed by atoms with Gasteiger partial charge in [0.05, 0.1) is 12.5 Å². The maximum atomic E-state index is 12.1. The second-order valence-electron chi connectivity index (χ2n) is 5.80. The summed E-state index contributed by atoms with van der Waals surface area (Å²) < 4.78 is 27.3. The van der Waals surface area contributed by atoms with E-state index in [0.29, 0.717) is 0 Å². The van der Waals surface area contributed by atoms with Gasteiger partial charge >= 0.3 is 12.1 Å². The molecule has 9 nitrogen and oxygen atoms in total. The standard InChI is InChI=1S/C17H22N2O7S/c1-12(18-17(23)26-11-13-6-4-3-5-7-13)16(22)19-14(10-15(20)21)8-9-27(2,24)25/h3-9,12,14H,10-11H2,1-2H3,(H,18,23)(H,19,22)(H,20,21)/b9-8-/t12-,14+/m0/s1. The van der Waals surface area contributed by atoms with Crippen molar-refractivity contribution < 1.29 is 32.6 Å². The molecule has 0 aromatic heterocycles. The van der Waals surface area contributed by atoms with Gasteiger partial charge in [0, 0.05) is 11.7 Å². The minimum Gasteiger partial charge on any atom is -0.481 e. The summed E-state index contributed by atoms with van der Waals surface area (Å²) in [5.74, 6) is -1.91. The molecular weight excluding hydrogens is 376 g/mol. The van der Waals surface area contributed by atoms with Gasteiger partial charge in [-0.2, -0.15) is 0 Å². The average Bonchev–Trinajstić information content (AvgIpc) is 2.57. The van der Waals surface area contributed by atoms with E-state index in [2.05, 4.69) is 10.6 Å². The Morgan fingerprint density at radius 1 is 1.19 bits per heavy atom. The predicted molar refractivity (Wildman–Crippen MR) is 97.4 cm³/mol. The molecule has 10 heteroatoms. The number of alkyl carbamates (subject to hydrolysis) is 1. The van der Waals surface area contributed by atoms with Crippen molar-refractivity contribution >= 4 is 27.8 Å². The molecule has 0 saturated carbocycles. The first-order chi connectivity index (χ1) is 12.6. The summed E-state index contributed by atoms with van der Waals surface area (Å²) >= 11 is 0. The van der Waals surface area contributed by atoms with Crippen LogP contribution in [0.25, 0.3) is 0 Å². The molecule has 148 valence electrons. The smallest absolute Gasteiger partial charge is 0.408 e. The Morgan fingerprint density at radius 2 is 1.81 bits per heavy atom. The molecule has 0 aliphatic carbocycles. The molecule has 0 spiro atoms. The van der Waals surface area contributed by atoms with Crippen molar-refractivity contribution in [1.82, 2.24) is 10.6 Å². The quantitative estimate of drug-likeness (QED) is 0.559. The maximum absolute atomic E-state index is 12.1. The van der Waals surface area contributed by atoms with E-state index in [4.69, 9.17) is 9.84 Å². The van der Waals surface area contributed by atoms with E-state index >= 15 is 0 Å². The second kappa shape index (κ2) is 10.3. The van der Waals surface area contributed by atoms with E-state index in [-0.39, 0.29) is 6.61 Å². The summed E-state index contributed by atoms with van der Waals surface area (Å²) in [6.07, 6.45) is 0.684. The first-order valence-corrected chi connectivity index (χ1v) is 9.90. The Balaban J connectivity index is 2.57. The lowest BCUT2D eigenvalue weighted by molar-refractivity contribution is -0.137. The van der Waals surface area contributed by atoms with Gasteiger partial charge in [0.1, 0.15) is 12.6 Å². The Hall–Kier alpha value is -2.88. The van der Waals surface area contributed by atoms with Crippen LogP contribution in [-0.4, -0.2) is 49.8 Å². The minimum absolute atomic E-state index is 0.0275. The molecule has 1 rings (SSSR count). The monoisotopic (exact) mass is 398 g/mol. The van der Waals surface area contributed by atoms with Crippen LogP contribution >= 0.6 is 0 Å². The van der Waals surface area contributed by atoms with Crippen LogP contribution in [0.4, 0.5) is 4.79 Å². The molecule has 0 aliphatic heterocycles. The van der Waals surface area contributed by atoms with Crippen LogP contribution in [0.15, 0.2) is 41.8 Å². The van der Waals surface area contributed by atoms with Gasteiger partial charge in [0.15, 0.2) is 9.84 Å². The van der Waals surface area contributed by atoms with Crippen molar-refractivity contribution in [3.63, 3.8) is 0 Å². The normalized spacial score (nSPS) is 13.6. The number of hydrogen-bond donors (Lipinski definition) is 3. The highest BCUT2D eigenvalue weighted by atomic mass is 32.2. The lowest BCUT2D eigenvalue weighted by Gasteiger charge is -2.18. The van der Waals surface area contributed by atoms with Crippen molar-refractivity contribution in [2.75, 3.05) is 6.26 Å². The molecule has 0 aliphatic rings. The Morgan fingerprint density at radius 3 is 2.37 bits per heavy atom. The highest BCUT2D eigenvalue weighted by molar-refractivity contribution is 7.93. The molecule has 1 aromatic carbocycles. The van der Waals surface area contributed by atoms with Crippen LogP contribution < -0.4 is 10.6 Å². The van der Waals surface area contributed by atoms with Gasteiger partial charge in [-0.05, 0) is 12.5 Å². The Labute approximate surface area is 157 Å². The van der Waals surface area contributed by atoms with E-state index in [9.17, 15) is 22.8 Å². The van der Waals surface area contributed by atoms with Crippen molar-refractivity contribution in [2.24, 2.45) is 0 Å². The fourth-order valence-electron chi connectivity index (χ4n) is 1.91. The fourth-order valence-corrected chi connectivity index (χ4v) is 2.38. The first-order valence-electron chi connectivity index (χ1n) is 7.94. The number of carbonyl (C=O) groups is 3. The van der Waals surface area contributed by atoms with Crippen molar-refractivity contribution in [3.8, 4) is 0 Å². The zero-order valence-corrected chi connectivity index (χ0v) is 15.7. The number of carboxylic acid groups (broad SMARTS) is 1. The molecule has 0 fully saturated rings. The number of sulfone groups is 1. The van der Waals surface area contributed by atoms with E-state index in [1.165, 1.54) is 6.92 Å². The summed E-state index contributed by atoms with van der Waals surface area (Å²) in [6.45, 7) is 1.41. The molecule has 1 aromatic rings. The largest absolute Gasteiger partial charge is 0.481 e. The number of benzene rings is 1. The third-order valence-electron chi connectivity index (χ3n) is 3.22. The van der Waals surface area contributed by atoms with Gasteiger partial charge in [-0.25, -0.2) is 13.2 Å². The molecule has 2 atom stereocenters. The van der Waals surface area contributed by atoms with E-state index < -0.39 is 46.3 Å². The SMILES string of the molecule is C[C@H](NC(=O)OCc1ccccc1)C(=O)N[C@H](/C=C\S(C)(=O)=O)CC(=O)O. The molecule has 0 saturated heterocycles. The lowest BCUT2D eigenvalue weighted by atomic mass is 10.2. The zero-order chi connectivity index (χ0) is 20.4. The zero-order valence-electron chi connectivity index (χ0n) is 14.9. The van der Waals surface area contributed by atoms with Crippen LogP contribution in [0.5, 0.6) is 0 Å². The number of amides is 2. The summed E-state index contributed by atoms with van der Waals surface area (Å²) in [6, 6.07) is 6.88. The van der Waals surface area contributed by atoms with Crippen LogP contribution in [0.1, 0.15) is 18.9 Å². The molecule has 0 unspecified atom stereocenters. The van der Waals surface area contributed by atoms with E-state index in [0.717, 1.165) is 23.3 Å². The number of aliphatic carboxylic acids is 1. The Kier molecular flexibility index (Phi) is 8.46. The summed E-state index contributed by atoms with van der Waals surface area (Å²) in [5.41, 5.74) is 0.775. The van der Waals surface area contributed by atoms with Crippen LogP contribution in [0.2, 0.25) is 0 Å². The average molecular weight is 398 g/mol. The van der Waals surface area contributed by atoms with Crippen molar-refractivity contribution in [1.29, 1.82) is 0 Å². The maximum Gasteiger partial charge on any atom is 0.408 e. The lowest BCUT2D eigenvalue weighted by Crippen LogP contribution is -2.48. The first kappa shape index (κ1) is 22.2. The van der Waals surface area contributed by atoms with Crippen LogP contribution in [0, 0.1) is 0 Å². The van der Waals surface area contributed by atoms with Gasteiger partial charge in [-0.15, -0.1) is 0 Å². The number of carbonyl (C=O) groups excluding carboxylic acids is 2. The highest BCUT2D eigenvalue weighted by Gasteiger charge is 2.20. The van der Waals surface area contributed by atoms with Gasteiger partial charge in [0.25, 0.3) is 0 Å². The topological polar surface area (TPSA) is 139 Å². The van der Waals surface area contributed by atoms with Gasteiger partial charge in [0.2, 0.25) is 5.91 Å². The molecule has 0 bridgehead atoms. The fraction of sp³-hybridized carbons (Fsp3) is 0.353. The third-order valence-corrected chi connectivity index (χ3v) is 3.87. The molecular formula is C17H22N2O7S. The molecule has 3 N–H and O–H groups in total. The third kappa shape index (κ3) is 10.00. The van der Waals surface area contributed by atoms with Crippen LogP contribution in [0.3, 0.4) is 0 Å². The van der Waals surface area contributed by atoms with Gasteiger partial charge in [-0.1, -0.05) is 36.4 Å². The molecule has 0 heterocycles. The minimum atomic E-state index is -3.48. The summed E-state index contributed by atoms with van der Waals surface area (Å²) in [7, 11) is -3.48. The highest BCUT2D eigenvalue weighted by Crippen LogP contribution is 2.02.